The summed E-state index contributed by atoms with van der Waals surface area (Å²) in [4.78, 5) is 8.31. The van der Waals surface area contributed by atoms with Crippen LogP contribution in [0.25, 0.3) is 0 Å². The van der Waals surface area contributed by atoms with Crippen LogP contribution in [0.5, 0.6) is 11.8 Å². The molecule has 100 valence electrons. The first-order valence-electron chi connectivity index (χ1n) is 6.29. The van der Waals surface area contributed by atoms with Crippen molar-refractivity contribution < 1.29 is 4.74 Å². The molecule has 0 unspecified atom stereocenters. The quantitative estimate of drug-likeness (QED) is 0.918. The van der Waals surface area contributed by atoms with Crippen LogP contribution in [0.3, 0.4) is 0 Å². The second-order valence-corrected chi connectivity index (χ2v) is 5.41. The third-order valence-corrected chi connectivity index (χ3v) is 2.81. The minimum absolute atomic E-state index is 0.0827. The molecule has 2 rings (SSSR count). The Kier molecular flexibility index (Phi) is 3.81. The van der Waals surface area contributed by atoms with Gasteiger partial charge in [-0.15, -0.1) is 0 Å². The van der Waals surface area contributed by atoms with Crippen LogP contribution >= 0.6 is 0 Å². The Hall–Kier alpha value is -1.94. The van der Waals surface area contributed by atoms with Gasteiger partial charge < -0.3 is 10.5 Å². The molecule has 0 fully saturated rings. The maximum Gasteiger partial charge on any atom is 0.322 e. The van der Waals surface area contributed by atoms with Crippen LogP contribution in [-0.4, -0.2) is 9.97 Å². The van der Waals surface area contributed by atoms with Gasteiger partial charge in [-0.1, -0.05) is 32.9 Å². The highest BCUT2D eigenvalue weighted by Gasteiger charge is 2.14. The molecule has 0 atom stereocenters. The maximum atomic E-state index is 5.68. The number of nitrogens with two attached hydrogens (primary N) is 1. The number of ether oxygens (including phenoxy) is 1. The Morgan fingerprint density at radius 1 is 1.21 bits per heavy atom. The largest absolute Gasteiger partial charge is 0.424 e. The van der Waals surface area contributed by atoms with Crippen molar-refractivity contribution in [1.82, 2.24) is 9.97 Å². The monoisotopic (exact) mass is 257 g/mol. The van der Waals surface area contributed by atoms with Crippen LogP contribution < -0.4 is 10.5 Å². The first-order chi connectivity index (χ1) is 8.99. The van der Waals surface area contributed by atoms with Gasteiger partial charge in [0.15, 0.2) is 0 Å². The van der Waals surface area contributed by atoms with Gasteiger partial charge in [0.2, 0.25) is 0 Å². The van der Waals surface area contributed by atoms with E-state index in [4.69, 9.17) is 10.5 Å². The smallest absolute Gasteiger partial charge is 0.322 e. The number of benzene rings is 1. The molecule has 0 saturated heterocycles. The summed E-state index contributed by atoms with van der Waals surface area (Å²) in [6.45, 7) is 6.87. The highest BCUT2D eigenvalue weighted by atomic mass is 16.5. The Morgan fingerprint density at radius 3 is 2.68 bits per heavy atom. The molecule has 0 aliphatic carbocycles. The fourth-order valence-electron chi connectivity index (χ4n) is 1.67. The Bertz CT molecular complexity index is 561. The first-order valence-corrected chi connectivity index (χ1v) is 6.29. The van der Waals surface area contributed by atoms with E-state index in [-0.39, 0.29) is 5.41 Å². The van der Waals surface area contributed by atoms with E-state index in [1.54, 1.807) is 12.3 Å². The fraction of sp³-hybridized carbons (Fsp3) is 0.333. The molecule has 1 heterocycles. The summed E-state index contributed by atoms with van der Waals surface area (Å²) in [5, 5.41) is 0. The van der Waals surface area contributed by atoms with Crippen LogP contribution in [0, 0.1) is 0 Å². The molecule has 0 bridgehead atoms. The van der Waals surface area contributed by atoms with Crippen molar-refractivity contribution in [2.45, 2.75) is 32.7 Å². The molecule has 0 aliphatic heterocycles. The lowest BCUT2D eigenvalue weighted by Crippen LogP contribution is -2.10. The maximum absolute atomic E-state index is 5.68. The number of rotatable bonds is 3. The molecule has 2 aromatic rings. The lowest BCUT2D eigenvalue weighted by Gasteiger charge is -2.19. The van der Waals surface area contributed by atoms with Gasteiger partial charge in [-0.05, 0) is 29.2 Å². The fourth-order valence-corrected chi connectivity index (χ4v) is 1.67. The van der Waals surface area contributed by atoms with E-state index in [1.807, 2.05) is 18.2 Å². The number of nitrogens with zero attached hydrogens (tertiary/aromatic N) is 2. The molecule has 0 aliphatic rings. The standard InChI is InChI=1S/C15H19N3O/c1-15(2,3)11-5-4-6-13(9-11)19-14-17-8-7-12(10-16)18-14/h4-9H,10,16H2,1-3H3. The zero-order valence-corrected chi connectivity index (χ0v) is 11.6. The number of hydrogen-bond donors (Lipinski definition) is 1. The normalized spacial score (nSPS) is 11.4. The third kappa shape index (κ3) is 3.51. The van der Waals surface area contributed by atoms with Crippen molar-refractivity contribution in [2.75, 3.05) is 0 Å². The summed E-state index contributed by atoms with van der Waals surface area (Å²) >= 11 is 0. The predicted octanol–water partition coefficient (Wildman–Crippen LogP) is 3.03. The first kappa shape index (κ1) is 13.5. The SMILES string of the molecule is CC(C)(C)c1cccc(Oc2nccc(CN)n2)c1. The summed E-state index contributed by atoms with van der Waals surface area (Å²) in [6, 6.07) is 10.1. The average Bonchev–Trinajstić information content (AvgIpc) is 2.38. The second kappa shape index (κ2) is 5.36. The molecule has 19 heavy (non-hydrogen) atoms. The summed E-state index contributed by atoms with van der Waals surface area (Å²) in [6.07, 6.45) is 1.65. The molecular weight excluding hydrogens is 238 g/mol. The Morgan fingerprint density at radius 2 is 2.00 bits per heavy atom. The van der Waals surface area contributed by atoms with Crippen LogP contribution in [0.2, 0.25) is 0 Å². The Balaban J connectivity index is 2.23. The Labute approximate surface area is 113 Å². The van der Waals surface area contributed by atoms with Gasteiger partial charge in [0.1, 0.15) is 5.75 Å². The van der Waals surface area contributed by atoms with Crippen molar-refractivity contribution in [1.29, 1.82) is 0 Å². The molecule has 4 heteroatoms. The average molecular weight is 257 g/mol. The molecule has 0 amide bonds. The van der Waals surface area contributed by atoms with E-state index in [1.165, 1.54) is 5.56 Å². The minimum Gasteiger partial charge on any atom is -0.424 e. The van der Waals surface area contributed by atoms with Gasteiger partial charge in [0.05, 0.1) is 5.69 Å². The second-order valence-electron chi connectivity index (χ2n) is 5.41. The van der Waals surface area contributed by atoms with Crippen LogP contribution in [0.4, 0.5) is 0 Å². The van der Waals surface area contributed by atoms with Gasteiger partial charge in [0.25, 0.3) is 0 Å². The number of hydrogen-bond acceptors (Lipinski definition) is 4. The van der Waals surface area contributed by atoms with E-state index in [0.717, 1.165) is 11.4 Å². The summed E-state index contributed by atoms with van der Waals surface area (Å²) < 4.78 is 5.68. The lowest BCUT2D eigenvalue weighted by molar-refractivity contribution is 0.437. The molecule has 1 aromatic carbocycles. The predicted molar refractivity (Wildman–Crippen MR) is 75.1 cm³/mol. The molecule has 1 aromatic heterocycles. The van der Waals surface area contributed by atoms with Gasteiger partial charge in [-0.2, -0.15) is 4.98 Å². The summed E-state index contributed by atoms with van der Waals surface area (Å²) in [5.41, 5.74) is 7.60. The number of aromatic nitrogens is 2. The molecule has 4 nitrogen and oxygen atoms in total. The molecule has 0 radical (unpaired) electrons. The highest BCUT2D eigenvalue weighted by Crippen LogP contribution is 2.27. The van der Waals surface area contributed by atoms with Gasteiger partial charge in [0, 0.05) is 12.7 Å². The van der Waals surface area contributed by atoms with E-state index in [9.17, 15) is 0 Å². The van der Waals surface area contributed by atoms with E-state index in [2.05, 4.69) is 36.8 Å². The zero-order valence-electron chi connectivity index (χ0n) is 11.6. The van der Waals surface area contributed by atoms with Gasteiger partial charge in [-0.3, -0.25) is 0 Å². The lowest BCUT2D eigenvalue weighted by atomic mass is 9.87. The zero-order chi connectivity index (χ0) is 13.9. The highest BCUT2D eigenvalue weighted by molar-refractivity contribution is 5.34. The van der Waals surface area contributed by atoms with Gasteiger partial charge in [-0.25, -0.2) is 4.98 Å². The van der Waals surface area contributed by atoms with Crippen molar-refractivity contribution in [2.24, 2.45) is 5.73 Å². The third-order valence-electron chi connectivity index (χ3n) is 2.81. The van der Waals surface area contributed by atoms with Gasteiger partial charge >= 0.3 is 6.01 Å². The van der Waals surface area contributed by atoms with Crippen molar-refractivity contribution >= 4 is 0 Å². The minimum atomic E-state index is 0.0827. The molecule has 2 N–H and O–H groups in total. The van der Waals surface area contributed by atoms with Crippen LogP contribution in [0.1, 0.15) is 32.0 Å². The van der Waals surface area contributed by atoms with E-state index < -0.39 is 0 Å². The molecular formula is C15H19N3O. The summed E-state index contributed by atoms with van der Waals surface area (Å²) in [7, 11) is 0. The van der Waals surface area contributed by atoms with Crippen molar-refractivity contribution in [3.8, 4) is 11.8 Å². The summed E-state index contributed by atoms with van der Waals surface area (Å²) in [5.74, 6) is 0.738. The van der Waals surface area contributed by atoms with E-state index >= 15 is 0 Å². The molecule has 0 saturated carbocycles. The van der Waals surface area contributed by atoms with Crippen molar-refractivity contribution in [3.63, 3.8) is 0 Å². The van der Waals surface area contributed by atoms with E-state index in [0.29, 0.717) is 12.6 Å². The molecule has 0 spiro atoms. The van der Waals surface area contributed by atoms with Crippen LogP contribution in [-0.2, 0) is 12.0 Å². The topological polar surface area (TPSA) is 61.0 Å². The van der Waals surface area contributed by atoms with Crippen LogP contribution in [0.15, 0.2) is 36.5 Å². The van der Waals surface area contributed by atoms with Crippen molar-refractivity contribution in [3.05, 3.63) is 47.8 Å².